The minimum Gasteiger partial charge on any atom is -0.497 e. The molecule has 1 aromatic rings. The van der Waals surface area contributed by atoms with Gasteiger partial charge in [-0.1, -0.05) is 13.8 Å². The van der Waals surface area contributed by atoms with Crippen LogP contribution in [0.15, 0.2) is 24.3 Å². The fraction of sp³-hybridized carbons (Fsp3) is 0.579. The molecule has 0 aliphatic carbocycles. The van der Waals surface area contributed by atoms with Gasteiger partial charge in [0, 0.05) is 31.9 Å². The number of carbonyl (C=O) groups is 2. The van der Waals surface area contributed by atoms with Crippen molar-refractivity contribution in [1.82, 2.24) is 9.80 Å². The smallest absolute Gasteiger partial charge is 0.409 e. The van der Waals surface area contributed by atoms with Crippen molar-refractivity contribution < 1.29 is 19.1 Å². The Morgan fingerprint density at radius 2 is 1.69 bits per heavy atom. The molecule has 2 amide bonds. The average Bonchev–Trinajstić information content (AvgIpc) is 2.66. The summed E-state index contributed by atoms with van der Waals surface area (Å²) in [6.07, 6.45) is -0.270. The fourth-order valence-corrected chi connectivity index (χ4v) is 2.71. The largest absolute Gasteiger partial charge is 0.497 e. The first kappa shape index (κ1) is 20.0. The van der Waals surface area contributed by atoms with Crippen LogP contribution in [0.3, 0.4) is 0 Å². The fourth-order valence-electron chi connectivity index (χ4n) is 2.71. The summed E-state index contributed by atoms with van der Waals surface area (Å²) in [7, 11) is 1.61. The van der Waals surface area contributed by atoms with Gasteiger partial charge in [0.2, 0.25) is 5.91 Å². The van der Waals surface area contributed by atoms with Gasteiger partial charge in [-0.15, -0.1) is 0 Å². The molecule has 0 saturated carbocycles. The second-order valence-corrected chi connectivity index (χ2v) is 6.89. The molecule has 0 spiro atoms. The third kappa shape index (κ3) is 5.62. The maximum atomic E-state index is 12.5. The topological polar surface area (TPSA) is 71.1 Å². The maximum Gasteiger partial charge on any atom is 0.409 e. The predicted molar refractivity (Wildman–Crippen MR) is 100 cm³/mol. The molecule has 1 saturated heterocycles. The van der Waals surface area contributed by atoms with E-state index in [1.54, 1.807) is 12.0 Å². The Balaban J connectivity index is 1.80. The van der Waals surface area contributed by atoms with Crippen LogP contribution in [0.5, 0.6) is 5.75 Å². The second kappa shape index (κ2) is 9.43. The van der Waals surface area contributed by atoms with E-state index in [0.29, 0.717) is 38.7 Å². The van der Waals surface area contributed by atoms with Crippen molar-refractivity contribution in [3.63, 3.8) is 0 Å². The number of nitrogens with zero attached hydrogens (tertiary/aromatic N) is 2. The number of ether oxygens (including phenoxy) is 2. The molecule has 1 aliphatic rings. The molecule has 7 nitrogen and oxygen atoms in total. The summed E-state index contributed by atoms with van der Waals surface area (Å²) < 4.78 is 10.4. The first-order chi connectivity index (χ1) is 12.4. The van der Waals surface area contributed by atoms with Gasteiger partial charge in [-0.3, -0.25) is 9.69 Å². The molecule has 1 atom stereocenters. The zero-order chi connectivity index (χ0) is 19.1. The number of hydrogen-bond donors (Lipinski definition) is 1. The van der Waals surface area contributed by atoms with Crippen LogP contribution in [0.2, 0.25) is 0 Å². The lowest BCUT2D eigenvalue weighted by Gasteiger charge is -2.36. The summed E-state index contributed by atoms with van der Waals surface area (Å²) in [4.78, 5) is 28.2. The quantitative estimate of drug-likeness (QED) is 0.840. The lowest BCUT2D eigenvalue weighted by atomic mass is 10.2. The number of piperazine rings is 1. The normalized spacial score (nSPS) is 16.3. The van der Waals surface area contributed by atoms with Crippen LogP contribution in [-0.4, -0.2) is 67.7 Å². The highest BCUT2D eigenvalue weighted by molar-refractivity contribution is 5.94. The minimum absolute atomic E-state index is 0.0639. The van der Waals surface area contributed by atoms with E-state index in [4.69, 9.17) is 9.47 Å². The molecule has 1 N–H and O–H groups in total. The van der Waals surface area contributed by atoms with E-state index in [9.17, 15) is 9.59 Å². The Hall–Kier alpha value is -2.28. The third-order valence-corrected chi connectivity index (χ3v) is 4.40. The zero-order valence-corrected chi connectivity index (χ0v) is 16.0. The van der Waals surface area contributed by atoms with Crippen molar-refractivity contribution in [3.8, 4) is 5.75 Å². The van der Waals surface area contributed by atoms with Crippen molar-refractivity contribution in [2.24, 2.45) is 5.92 Å². The second-order valence-electron chi connectivity index (χ2n) is 6.89. The van der Waals surface area contributed by atoms with Crippen LogP contribution in [-0.2, 0) is 9.53 Å². The molecule has 1 heterocycles. The summed E-state index contributed by atoms with van der Waals surface area (Å²) >= 11 is 0. The van der Waals surface area contributed by atoms with Gasteiger partial charge < -0.3 is 19.7 Å². The lowest BCUT2D eigenvalue weighted by molar-refractivity contribution is -0.121. The predicted octanol–water partition coefficient (Wildman–Crippen LogP) is 2.43. The van der Waals surface area contributed by atoms with E-state index >= 15 is 0 Å². The van der Waals surface area contributed by atoms with Gasteiger partial charge in [0.25, 0.3) is 0 Å². The number of benzene rings is 1. The number of carbonyl (C=O) groups excluding carboxylic acids is 2. The molecular weight excluding hydrogens is 334 g/mol. The van der Waals surface area contributed by atoms with Gasteiger partial charge in [-0.25, -0.2) is 4.79 Å². The number of hydrogen-bond acceptors (Lipinski definition) is 5. The molecule has 0 aromatic heterocycles. The van der Waals surface area contributed by atoms with Crippen LogP contribution >= 0.6 is 0 Å². The van der Waals surface area contributed by atoms with E-state index in [2.05, 4.69) is 10.2 Å². The van der Waals surface area contributed by atoms with Gasteiger partial charge in [0.1, 0.15) is 5.75 Å². The Morgan fingerprint density at radius 1 is 1.08 bits per heavy atom. The summed E-state index contributed by atoms with van der Waals surface area (Å²) in [6.45, 7) is 8.75. The van der Waals surface area contributed by atoms with E-state index in [-0.39, 0.29) is 18.0 Å². The molecule has 2 rings (SSSR count). The Labute approximate surface area is 155 Å². The van der Waals surface area contributed by atoms with E-state index in [0.717, 1.165) is 11.4 Å². The molecule has 144 valence electrons. The molecule has 0 bridgehead atoms. The molecule has 1 aromatic carbocycles. The van der Waals surface area contributed by atoms with Crippen molar-refractivity contribution in [2.45, 2.75) is 26.8 Å². The molecular formula is C19H29N3O4. The van der Waals surface area contributed by atoms with E-state index < -0.39 is 0 Å². The maximum absolute atomic E-state index is 12.5. The minimum atomic E-state index is -0.272. The molecule has 1 aliphatic heterocycles. The Morgan fingerprint density at radius 3 is 2.23 bits per heavy atom. The first-order valence-electron chi connectivity index (χ1n) is 9.01. The molecule has 1 unspecified atom stereocenters. The van der Waals surface area contributed by atoms with Crippen molar-refractivity contribution in [3.05, 3.63) is 24.3 Å². The highest BCUT2D eigenvalue weighted by Crippen LogP contribution is 2.16. The Bertz CT molecular complexity index is 595. The van der Waals surface area contributed by atoms with Crippen LogP contribution in [0.25, 0.3) is 0 Å². The number of nitrogens with one attached hydrogen (secondary N) is 1. The van der Waals surface area contributed by atoms with Crippen LogP contribution < -0.4 is 10.1 Å². The highest BCUT2D eigenvalue weighted by Gasteiger charge is 2.28. The number of methoxy groups -OCH3 is 1. The summed E-state index contributed by atoms with van der Waals surface area (Å²) in [5, 5.41) is 2.92. The highest BCUT2D eigenvalue weighted by atomic mass is 16.6. The molecule has 1 fully saturated rings. The van der Waals surface area contributed by atoms with E-state index in [1.165, 1.54) is 0 Å². The van der Waals surface area contributed by atoms with Gasteiger partial charge in [0.05, 0.1) is 19.8 Å². The van der Waals surface area contributed by atoms with E-state index in [1.807, 2.05) is 45.0 Å². The van der Waals surface area contributed by atoms with Crippen LogP contribution in [0.4, 0.5) is 10.5 Å². The van der Waals surface area contributed by atoms with Gasteiger partial charge in [0.15, 0.2) is 0 Å². The number of anilines is 1. The first-order valence-corrected chi connectivity index (χ1v) is 9.01. The SMILES string of the molecule is COc1ccc(NC(=O)C(C)N2CCN(C(=O)OCC(C)C)CC2)cc1. The number of rotatable bonds is 6. The third-order valence-electron chi connectivity index (χ3n) is 4.40. The molecule has 0 radical (unpaired) electrons. The molecule has 26 heavy (non-hydrogen) atoms. The summed E-state index contributed by atoms with van der Waals surface area (Å²) in [6, 6.07) is 6.97. The Kier molecular flexibility index (Phi) is 7.26. The average molecular weight is 363 g/mol. The van der Waals surface area contributed by atoms with Crippen LogP contribution in [0.1, 0.15) is 20.8 Å². The van der Waals surface area contributed by atoms with Crippen molar-refractivity contribution >= 4 is 17.7 Å². The van der Waals surface area contributed by atoms with Gasteiger partial charge >= 0.3 is 6.09 Å². The van der Waals surface area contributed by atoms with Gasteiger partial charge in [-0.05, 0) is 37.1 Å². The molecule has 7 heteroatoms. The monoisotopic (exact) mass is 363 g/mol. The standard InChI is InChI=1S/C19H29N3O4/c1-14(2)13-26-19(24)22-11-9-21(10-12-22)15(3)18(23)20-16-5-7-17(25-4)8-6-16/h5-8,14-15H,9-13H2,1-4H3,(H,20,23). The zero-order valence-electron chi connectivity index (χ0n) is 16.0. The number of amides is 2. The van der Waals surface area contributed by atoms with Crippen molar-refractivity contribution in [2.75, 3.05) is 45.2 Å². The van der Waals surface area contributed by atoms with Crippen LogP contribution in [0, 0.1) is 5.92 Å². The van der Waals surface area contributed by atoms with Crippen molar-refractivity contribution in [1.29, 1.82) is 0 Å². The summed E-state index contributed by atoms with van der Waals surface area (Å²) in [5.74, 6) is 1.00. The van der Waals surface area contributed by atoms with Gasteiger partial charge in [-0.2, -0.15) is 0 Å². The lowest BCUT2D eigenvalue weighted by Crippen LogP contribution is -2.54. The summed E-state index contributed by atoms with van der Waals surface area (Å²) in [5.41, 5.74) is 0.735.